The Balaban J connectivity index is 1.54. The SMILES string of the molecule is CC(C)(C)OC(=O)N1CCc2cc(C(=O)Nc3cn(COCC[Si](C)(C)C)cn3)ccc2C1. The first-order valence-corrected chi connectivity index (χ1v) is 15.1. The predicted octanol–water partition coefficient (Wildman–Crippen LogP) is 4.74. The second-order valence-corrected chi connectivity index (χ2v) is 16.3. The summed E-state index contributed by atoms with van der Waals surface area (Å²) in [4.78, 5) is 31.0. The van der Waals surface area contributed by atoms with E-state index in [0.717, 1.165) is 23.8 Å². The van der Waals surface area contributed by atoms with Crippen molar-refractivity contribution in [1.82, 2.24) is 14.5 Å². The Labute approximate surface area is 197 Å². The van der Waals surface area contributed by atoms with Gasteiger partial charge in [0.1, 0.15) is 12.3 Å². The first-order chi connectivity index (χ1) is 15.4. The minimum atomic E-state index is -1.11. The third kappa shape index (κ3) is 7.71. The van der Waals surface area contributed by atoms with E-state index >= 15 is 0 Å². The van der Waals surface area contributed by atoms with Crippen LogP contribution in [0.1, 0.15) is 42.3 Å². The van der Waals surface area contributed by atoms with Crippen molar-refractivity contribution in [2.75, 3.05) is 18.5 Å². The molecule has 1 aromatic heterocycles. The van der Waals surface area contributed by atoms with Crippen molar-refractivity contribution in [2.24, 2.45) is 0 Å². The van der Waals surface area contributed by atoms with Gasteiger partial charge in [-0.2, -0.15) is 0 Å². The Hall–Kier alpha value is -2.65. The van der Waals surface area contributed by atoms with Gasteiger partial charge < -0.3 is 24.3 Å². The van der Waals surface area contributed by atoms with E-state index in [0.29, 0.717) is 37.6 Å². The van der Waals surface area contributed by atoms with E-state index in [9.17, 15) is 9.59 Å². The zero-order valence-corrected chi connectivity index (χ0v) is 21.6. The second kappa shape index (κ2) is 10.1. The number of fused-ring (bicyclic) bond motifs is 1. The van der Waals surface area contributed by atoms with Crippen LogP contribution in [0.25, 0.3) is 0 Å². The first kappa shape index (κ1) is 25.0. The Morgan fingerprint density at radius 2 is 1.94 bits per heavy atom. The molecule has 1 aliphatic heterocycles. The Bertz CT molecular complexity index is 991. The van der Waals surface area contributed by atoms with Crippen molar-refractivity contribution < 1.29 is 19.1 Å². The summed E-state index contributed by atoms with van der Waals surface area (Å²) in [5, 5.41) is 2.85. The van der Waals surface area contributed by atoms with Gasteiger partial charge in [0.25, 0.3) is 5.91 Å². The molecule has 0 aliphatic carbocycles. The molecule has 0 spiro atoms. The lowest BCUT2D eigenvalue weighted by Crippen LogP contribution is -2.39. The molecule has 9 heteroatoms. The van der Waals surface area contributed by atoms with E-state index in [4.69, 9.17) is 9.47 Å². The zero-order valence-electron chi connectivity index (χ0n) is 20.6. The molecular weight excluding hydrogens is 436 g/mol. The maximum atomic E-state index is 12.7. The Kier molecular flexibility index (Phi) is 7.64. The zero-order chi connectivity index (χ0) is 24.2. The van der Waals surface area contributed by atoms with E-state index in [1.54, 1.807) is 23.5 Å². The molecule has 0 saturated heterocycles. The molecule has 33 heavy (non-hydrogen) atoms. The average Bonchev–Trinajstić information content (AvgIpc) is 3.15. The molecule has 8 nitrogen and oxygen atoms in total. The van der Waals surface area contributed by atoms with Gasteiger partial charge in [-0.1, -0.05) is 25.7 Å². The molecule has 2 heterocycles. The van der Waals surface area contributed by atoms with Crippen LogP contribution in [0.3, 0.4) is 0 Å². The van der Waals surface area contributed by atoms with E-state index in [1.165, 1.54) is 0 Å². The van der Waals surface area contributed by atoms with Crippen molar-refractivity contribution in [3.8, 4) is 0 Å². The number of imidazole rings is 1. The third-order valence-electron chi connectivity index (χ3n) is 5.24. The van der Waals surface area contributed by atoms with Crippen LogP contribution in [-0.4, -0.2) is 53.3 Å². The second-order valence-electron chi connectivity index (χ2n) is 10.7. The summed E-state index contributed by atoms with van der Waals surface area (Å²) in [6.07, 6.45) is 3.79. The quantitative estimate of drug-likeness (QED) is 0.465. The number of hydrogen-bond donors (Lipinski definition) is 1. The minimum Gasteiger partial charge on any atom is -0.444 e. The number of carbonyl (C=O) groups is 2. The molecule has 0 unspecified atom stereocenters. The van der Waals surface area contributed by atoms with Crippen LogP contribution in [0, 0.1) is 0 Å². The van der Waals surface area contributed by atoms with Crippen LogP contribution in [0.15, 0.2) is 30.7 Å². The van der Waals surface area contributed by atoms with Crippen molar-refractivity contribution in [3.63, 3.8) is 0 Å². The molecule has 0 fully saturated rings. The number of rotatable bonds is 7. The largest absolute Gasteiger partial charge is 0.444 e. The molecule has 0 bridgehead atoms. The topological polar surface area (TPSA) is 85.7 Å². The maximum Gasteiger partial charge on any atom is 0.410 e. The third-order valence-corrected chi connectivity index (χ3v) is 6.95. The van der Waals surface area contributed by atoms with Gasteiger partial charge in [-0.25, -0.2) is 9.78 Å². The fraction of sp³-hybridized carbons (Fsp3) is 0.542. The van der Waals surface area contributed by atoms with Crippen molar-refractivity contribution in [3.05, 3.63) is 47.4 Å². The number of ether oxygens (including phenoxy) is 2. The molecule has 1 aliphatic rings. The fourth-order valence-corrected chi connectivity index (χ4v) is 4.17. The van der Waals surface area contributed by atoms with E-state index in [2.05, 4.69) is 29.9 Å². The first-order valence-electron chi connectivity index (χ1n) is 11.4. The molecule has 1 N–H and O–H groups in total. The standard InChI is InChI=1S/C24H36N4O4Si/c1-24(2,3)32-23(30)28-10-9-18-13-19(7-8-20(18)14-28)22(29)26-21-15-27(16-25-21)17-31-11-12-33(4,5)6/h7-8,13,15-16H,9-12,14,17H2,1-6H3,(H,26,29). The highest BCUT2D eigenvalue weighted by Gasteiger charge is 2.26. The van der Waals surface area contributed by atoms with Crippen LogP contribution in [0.5, 0.6) is 0 Å². The van der Waals surface area contributed by atoms with Gasteiger partial charge in [-0.3, -0.25) is 4.79 Å². The van der Waals surface area contributed by atoms with Gasteiger partial charge >= 0.3 is 6.09 Å². The lowest BCUT2D eigenvalue weighted by Gasteiger charge is -2.31. The van der Waals surface area contributed by atoms with Gasteiger partial charge in [0.2, 0.25) is 0 Å². The highest BCUT2D eigenvalue weighted by Crippen LogP contribution is 2.23. The molecule has 0 atom stereocenters. The summed E-state index contributed by atoms with van der Waals surface area (Å²) in [6.45, 7) is 14.7. The number of anilines is 1. The lowest BCUT2D eigenvalue weighted by atomic mass is 9.97. The van der Waals surface area contributed by atoms with Crippen LogP contribution >= 0.6 is 0 Å². The summed E-state index contributed by atoms with van der Waals surface area (Å²) in [6, 6.07) is 6.70. The van der Waals surface area contributed by atoms with E-state index in [-0.39, 0.29) is 12.0 Å². The van der Waals surface area contributed by atoms with Crippen LogP contribution < -0.4 is 5.32 Å². The van der Waals surface area contributed by atoms with Gasteiger partial charge in [-0.15, -0.1) is 0 Å². The van der Waals surface area contributed by atoms with Gasteiger partial charge in [0.05, 0.1) is 12.5 Å². The summed E-state index contributed by atoms with van der Waals surface area (Å²) >= 11 is 0. The van der Waals surface area contributed by atoms with Gasteiger partial charge in [0.15, 0.2) is 5.82 Å². The molecule has 180 valence electrons. The Morgan fingerprint density at radius 1 is 1.18 bits per heavy atom. The number of carbonyl (C=O) groups excluding carboxylic acids is 2. The van der Waals surface area contributed by atoms with Crippen molar-refractivity contribution >= 4 is 25.9 Å². The van der Waals surface area contributed by atoms with Crippen molar-refractivity contribution in [1.29, 1.82) is 0 Å². The fourth-order valence-electron chi connectivity index (χ4n) is 3.41. The van der Waals surface area contributed by atoms with Gasteiger partial charge in [0, 0.05) is 33.3 Å². The monoisotopic (exact) mass is 472 g/mol. The van der Waals surface area contributed by atoms with Gasteiger partial charge in [-0.05, 0) is 56.5 Å². The summed E-state index contributed by atoms with van der Waals surface area (Å²) in [5.41, 5.74) is 2.15. The molecule has 0 radical (unpaired) electrons. The summed E-state index contributed by atoms with van der Waals surface area (Å²) in [5.74, 6) is 0.278. The van der Waals surface area contributed by atoms with Crippen LogP contribution in [0.4, 0.5) is 10.6 Å². The molecule has 3 rings (SSSR count). The maximum absolute atomic E-state index is 12.7. The Morgan fingerprint density at radius 3 is 2.64 bits per heavy atom. The van der Waals surface area contributed by atoms with Crippen molar-refractivity contribution in [2.45, 2.75) is 71.8 Å². The molecular formula is C24H36N4O4Si. The smallest absolute Gasteiger partial charge is 0.410 e. The summed E-state index contributed by atoms with van der Waals surface area (Å²) in [7, 11) is -1.11. The van der Waals surface area contributed by atoms with E-state index in [1.807, 2.05) is 37.5 Å². The molecule has 2 aromatic rings. The molecule has 0 saturated carbocycles. The van der Waals surface area contributed by atoms with Crippen LogP contribution in [0.2, 0.25) is 25.7 Å². The predicted molar refractivity (Wildman–Crippen MR) is 131 cm³/mol. The number of amides is 2. The highest BCUT2D eigenvalue weighted by atomic mass is 28.3. The average molecular weight is 473 g/mol. The number of hydrogen-bond acceptors (Lipinski definition) is 5. The number of benzene rings is 1. The molecule has 1 aromatic carbocycles. The molecule has 2 amide bonds. The highest BCUT2D eigenvalue weighted by molar-refractivity contribution is 6.76. The minimum absolute atomic E-state index is 0.211. The number of nitrogens with zero attached hydrogens (tertiary/aromatic N) is 3. The summed E-state index contributed by atoms with van der Waals surface area (Å²) < 4.78 is 13.0. The normalized spacial score (nSPS) is 14.1. The number of nitrogens with one attached hydrogen (secondary N) is 1. The van der Waals surface area contributed by atoms with Crippen LogP contribution in [-0.2, 0) is 29.2 Å². The van der Waals surface area contributed by atoms with E-state index < -0.39 is 13.7 Å². The number of aromatic nitrogens is 2. The lowest BCUT2D eigenvalue weighted by molar-refractivity contribution is 0.0223.